The van der Waals surface area contributed by atoms with E-state index < -0.39 is 6.04 Å². The fourth-order valence-electron chi connectivity index (χ4n) is 2.24. The van der Waals surface area contributed by atoms with Gasteiger partial charge in [-0.05, 0) is 11.6 Å². The first-order chi connectivity index (χ1) is 11.0. The van der Waals surface area contributed by atoms with Gasteiger partial charge in [-0.1, -0.05) is 43.4 Å². The first-order valence-corrected chi connectivity index (χ1v) is 8.03. The van der Waals surface area contributed by atoms with Crippen molar-refractivity contribution in [1.82, 2.24) is 10.2 Å². The van der Waals surface area contributed by atoms with Gasteiger partial charge < -0.3 is 5.32 Å². The molecule has 2 amide bonds. The summed E-state index contributed by atoms with van der Waals surface area (Å²) >= 11 is 1.35. The summed E-state index contributed by atoms with van der Waals surface area (Å²) in [7, 11) is 0. The van der Waals surface area contributed by atoms with Crippen LogP contribution < -0.4 is 5.32 Å². The number of nitrogens with zero attached hydrogens (tertiary/aromatic N) is 4. The maximum atomic E-state index is 12.2. The maximum Gasteiger partial charge on any atom is 0.295 e. The van der Waals surface area contributed by atoms with Crippen LogP contribution in [-0.4, -0.2) is 22.0 Å². The van der Waals surface area contributed by atoms with Gasteiger partial charge in [0.05, 0.1) is 6.42 Å². The van der Waals surface area contributed by atoms with Crippen molar-refractivity contribution in [2.24, 2.45) is 10.2 Å². The summed E-state index contributed by atoms with van der Waals surface area (Å²) in [4.78, 5) is 23.9. The smallest absolute Gasteiger partial charge is 0.295 e. The lowest BCUT2D eigenvalue weighted by atomic mass is 9.97. The van der Waals surface area contributed by atoms with Crippen LogP contribution in [0.3, 0.4) is 0 Å². The Morgan fingerprint density at radius 3 is 2.83 bits per heavy atom. The fraction of sp³-hybridized carbons (Fsp3) is 0.333. The Morgan fingerprint density at radius 2 is 2.09 bits per heavy atom. The first-order valence-electron chi connectivity index (χ1n) is 7.22. The van der Waals surface area contributed by atoms with Crippen molar-refractivity contribution in [2.75, 3.05) is 5.32 Å². The van der Waals surface area contributed by atoms with E-state index in [2.05, 4.69) is 25.7 Å². The molecule has 2 heterocycles. The number of nitrogens with one attached hydrogen (secondary N) is 1. The molecule has 0 bridgehead atoms. The van der Waals surface area contributed by atoms with Gasteiger partial charge in [-0.3, -0.25) is 9.59 Å². The predicted molar refractivity (Wildman–Crippen MR) is 85.6 cm³/mol. The number of hydrogen-bond acceptors (Lipinski definition) is 6. The molecule has 1 aliphatic heterocycles. The van der Waals surface area contributed by atoms with Crippen molar-refractivity contribution in [3.63, 3.8) is 0 Å². The second-order valence-electron chi connectivity index (χ2n) is 5.48. The van der Waals surface area contributed by atoms with Gasteiger partial charge in [-0.2, -0.15) is 5.11 Å². The summed E-state index contributed by atoms with van der Waals surface area (Å²) in [5.74, 6) is -0.337. The molecule has 1 unspecified atom stereocenters. The third kappa shape index (κ3) is 3.31. The number of benzene rings is 1. The van der Waals surface area contributed by atoms with Crippen molar-refractivity contribution in [3.8, 4) is 0 Å². The van der Waals surface area contributed by atoms with E-state index in [1.54, 1.807) is 18.2 Å². The zero-order valence-electron chi connectivity index (χ0n) is 12.7. The molecule has 1 aromatic carbocycles. The van der Waals surface area contributed by atoms with Crippen LogP contribution in [0.1, 0.15) is 53.2 Å². The van der Waals surface area contributed by atoms with Gasteiger partial charge >= 0.3 is 0 Å². The Hall–Kier alpha value is -2.48. The van der Waals surface area contributed by atoms with E-state index in [4.69, 9.17) is 0 Å². The van der Waals surface area contributed by atoms with Gasteiger partial charge in [0.15, 0.2) is 0 Å². The van der Waals surface area contributed by atoms with E-state index in [1.165, 1.54) is 11.3 Å². The Labute approximate surface area is 136 Å². The SMILES string of the molecule is CC(C)c1nnc(NC(=O)CC2N=NC(=O)c3ccccc32)s1. The van der Waals surface area contributed by atoms with Crippen LogP contribution >= 0.6 is 11.3 Å². The van der Waals surface area contributed by atoms with Crippen molar-refractivity contribution >= 4 is 28.3 Å². The molecule has 1 aromatic heterocycles. The van der Waals surface area contributed by atoms with Gasteiger partial charge in [-0.15, -0.1) is 15.3 Å². The summed E-state index contributed by atoms with van der Waals surface area (Å²) in [6, 6.07) is 6.62. The van der Waals surface area contributed by atoms with E-state index in [9.17, 15) is 9.59 Å². The van der Waals surface area contributed by atoms with E-state index in [1.807, 2.05) is 19.9 Å². The van der Waals surface area contributed by atoms with Crippen molar-refractivity contribution in [2.45, 2.75) is 32.2 Å². The van der Waals surface area contributed by atoms with Crippen LogP contribution in [0.5, 0.6) is 0 Å². The minimum Gasteiger partial charge on any atom is -0.300 e. The minimum atomic E-state index is -0.457. The minimum absolute atomic E-state index is 0.102. The second kappa shape index (κ2) is 6.33. The summed E-state index contributed by atoms with van der Waals surface area (Å²) < 4.78 is 0. The van der Waals surface area contributed by atoms with Gasteiger partial charge in [0.1, 0.15) is 11.0 Å². The zero-order valence-corrected chi connectivity index (χ0v) is 13.5. The second-order valence-corrected chi connectivity index (χ2v) is 6.49. The number of hydrogen-bond donors (Lipinski definition) is 1. The molecule has 0 fully saturated rings. The molecule has 0 aliphatic carbocycles. The topological polar surface area (TPSA) is 96.7 Å². The maximum absolute atomic E-state index is 12.2. The molecule has 0 saturated carbocycles. The Balaban J connectivity index is 1.70. The Kier molecular flexibility index (Phi) is 4.24. The number of amides is 2. The highest BCUT2D eigenvalue weighted by atomic mass is 32.1. The largest absolute Gasteiger partial charge is 0.300 e. The van der Waals surface area contributed by atoms with Crippen LogP contribution in [0.2, 0.25) is 0 Å². The van der Waals surface area contributed by atoms with Crippen LogP contribution in [0.4, 0.5) is 5.13 Å². The standard InChI is InChI=1S/C15H15N5O2S/c1-8(2)14-19-20-15(23-14)16-12(21)7-11-9-5-3-4-6-10(9)13(22)18-17-11/h3-6,8,11H,7H2,1-2H3,(H,16,20,21). The van der Waals surface area contributed by atoms with Gasteiger partial charge in [0, 0.05) is 11.5 Å². The number of rotatable bonds is 4. The Bertz CT molecular complexity index is 784. The molecule has 23 heavy (non-hydrogen) atoms. The van der Waals surface area contributed by atoms with Crippen molar-refractivity contribution in [1.29, 1.82) is 0 Å². The molecular formula is C15H15N5O2S. The molecule has 118 valence electrons. The van der Waals surface area contributed by atoms with Gasteiger partial charge in [0.2, 0.25) is 11.0 Å². The molecule has 1 atom stereocenters. The van der Waals surface area contributed by atoms with Crippen molar-refractivity contribution < 1.29 is 9.59 Å². The zero-order chi connectivity index (χ0) is 16.4. The number of anilines is 1. The third-order valence-corrected chi connectivity index (χ3v) is 4.54. The van der Waals surface area contributed by atoms with Gasteiger partial charge in [-0.25, -0.2) is 0 Å². The molecule has 7 nitrogen and oxygen atoms in total. The molecule has 1 N–H and O–H groups in total. The average Bonchev–Trinajstić information content (AvgIpc) is 2.99. The van der Waals surface area contributed by atoms with E-state index in [0.29, 0.717) is 10.7 Å². The monoisotopic (exact) mass is 329 g/mol. The molecule has 8 heteroatoms. The molecular weight excluding hydrogens is 314 g/mol. The third-order valence-electron chi connectivity index (χ3n) is 3.40. The lowest BCUT2D eigenvalue weighted by Gasteiger charge is -2.17. The number of fused-ring (bicyclic) bond motifs is 1. The predicted octanol–water partition coefficient (Wildman–Crippen LogP) is 3.34. The highest BCUT2D eigenvalue weighted by Gasteiger charge is 2.25. The number of aromatic nitrogens is 2. The summed E-state index contributed by atoms with van der Waals surface area (Å²) in [5.41, 5.74) is 1.22. The summed E-state index contributed by atoms with van der Waals surface area (Å²) in [5, 5.41) is 19.6. The normalized spacial score (nSPS) is 16.5. The first kappa shape index (κ1) is 15.4. The summed E-state index contributed by atoms with van der Waals surface area (Å²) in [6.07, 6.45) is 0.102. The highest BCUT2D eigenvalue weighted by Crippen LogP contribution is 2.30. The lowest BCUT2D eigenvalue weighted by Crippen LogP contribution is -2.18. The van der Waals surface area contributed by atoms with Crippen LogP contribution in [0.15, 0.2) is 34.5 Å². The lowest BCUT2D eigenvalue weighted by molar-refractivity contribution is -0.116. The highest BCUT2D eigenvalue weighted by molar-refractivity contribution is 7.15. The van der Waals surface area contributed by atoms with E-state index >= 15 is 0 Å². The van der Waals surface area contributed by atoms with E-state index in [-0.39, 0.29) is 24.2 Å². The molecule has 0 radical (unpaired) electrons. The number of azo groups is 1. The number of carbonyl (C=O) groups excluding carboxylic acids is 2. The van der Waals surface area contributed by atoms with Gasteiger partial charge in [0.25, 0.3) is 5.91 Å². The molecule has 0 spiro atoms. The van der Waals surface area contributed by atoms with Crippen molar-refractivity contribution in [3.05, 3.63) is 40.4 Å². The van der Waals surface area contributed by atoms with Crippen LogP contribution in [-0.2, 0) is 4.79 Å². The summed E-state index contributed by atoms with van der Waals surface area (Å²) in [6.45, 7) is 4.03. The molecule has 1 aliphatic rings. The fourth-order valence-corrected chi connectivity index (χ4v) is 3.00. The molecule has 3 rings (SSSR count). The average molecular weight is 329 g/mol. The quantitative estimate of drug-likeness (QED) is 0.930. The van der Waals surface area contributed by atoms with E-state index in [0.717, 1.165) is 10.6 Å². The van der Waals surface area contributed by atoms with Crippen LogP contribution in [0, 0.1) is 0 Å². The molecule has 0 saturated heterocycles. The molecule has 2 aromatic rings. The van der Waals surface area contributed by atoms with Crippen LogP contribution in [0.25, 0.3) is 0 Å². The number of carbonyl (C=O) groups is 2. The Morgan fingerprint density at radius 1 is 1.30 bits per heavy atom.